The Kier molecular flexibility index (Phi) is 7.89. The van der Waals surface area contributed by atoms with Gasteiger partial charge in [0, 0.05) is 12.3 Å². The second kappa shape index (κ2) is 10.8. The van der Waals surface area contributed by atoms with Crippen molar-refractivity contribution in [2.75, 3.05) is 11.1 Å². The number of nitrogens with zero attached hydrogens (tertiary/aromatic N) is 3. The Balaban J connectivity index is 1.57. The van der Waals surface area contributed by atoms with Gasteiger partial charge in [0.1, 0.15) is 11.6 Å². The number of carbonyl (C=O) groups excluding carboxylic acids is 1. The summed E-state index contributed by atoms with van der Waals surface area (Å²) in [6.45, 7) is 4.35. The Hall–Kier alpha value is -2.58. The molecule has 150 valence electrons. The van der Waals surface area contributed by atoms with Crippen molar-refractivity contribution in [1.82, 2.24) is 14.8 Å². The van der Waals surface area contributed by atoms with Crippen LogP contribution in [0.4, 0.5) is 10.1 Å². The van der Waals surface area contributed by atoms with Gasteiger partial charge < -0.3 is 9.88 Å². The van der Waals surface area contributed by atoms with E-state index in [1.54, 1.807) is 30.0 Å². The number of anilines is 1. The lowest BCUT2D eigenvalue weighted by atomic mass is 10.2. The molecular formula is C21H21FN4OS2. The molecule has 1 N–H and O–H groups in total. The van der Waals surface area contributed by atoms with Crippen molar-refractivity contribution >= 4 is 35.1 Å². The largest absolute Gasteiger partial charge is 0.323 e. The van der Waals surface area contributed by atoms with Gasteiger partial charge in [0.25, 0.3) is 0 Å². The number of thioether (sulfide) groups is 2. The Morgan fingerprint density at radius 1 is 1.10 bits per heavy atom. The van der Waals surface area contributed by atoms with Crippen LogP contribution < -0.4 is 5.32 Å². The van der Waals surface area contributed by atoms with E-state index >= 15 is 0 Å². The van der Waals surface area contributed by atoms with E-state index in [2.05, 4.69) is 34.2 Å². The van der Waals surface area contributed by atoms with Crippen LogP contribution in [0.15, 0.2) is 72.4 Å². The minimum atomic E-state index is -0.460. The summed E-state index contributed by atoms with van der Waals surface area (Å²) >= 11 is 3.02. The lowest BCUT2D eigenvalue weighted by Crippen LogP contribution is -2.15. The fourth-order valence-electron chi connectivity index (χ4n) is 2.56. The van der Waals surface area contributed by atoms with E-state index < -0.39 is 5.82 Å². The van der Waals surface area contributed by atoms with Gasteiger partial charge in [0.2, 0.25) is 5.91 Å². The number of rotatable bonds is 10. The van der Waals surface area contributed by atoms with Gasteiger partial charge in [0.15, 0.2) is 5.16 Å². The van der Waals surface area contributed by atoms with Gasteiger partial charge in [-0.2, -0.15) is 0 Å². The second-order valence-corrected chi connectivity index (χ2v) is 8.02. The van der Waals surface area contributed by atoms with Gasteiger partial charge in [0.05, 0.1) is 17.2 Å². The number of nitrogens with one attached hydrogen (secondary N) is 1. The molecule has 1 heterocycles. The maximum Gasteiger partial charge on any atom is 0.234 e. The molecule has 0 spiro atoms. The number of hydrogen-bond donors (Lipinski definition) is 1. The van der Waals surface area contributed by atoms with E-state index in [1.807, 2.05) is 22.8 Å². The van der Waals surface area contributed by atoms with Crippen molar-refractivity contribution in [1.29, 1.82) is 0 Å². The van der Waals surface area contributed by atoms with Crippen molar-refractivity contribution in [3.63, 3.8) is 0 Å². The fourth-order valence-corrected chi connectivity index (χ4v) is 4.25. The van der Waals surface area contributed by atoms with Gasteiger partial charge in [-0.1, -0.05) is 60.3 Å². The van der Waals surface area contributed by atoms with Crippen LogP contribution in [-0.4, -0.2) is 26.4 Å². The van der Waals surface area contributed by atoms with Crippen LogP contribution in [0.5, 0.6) is 0 Å². The monoisotopic (exact) mass is 428 g/mol. The predicted octanol–water partition coefficient (Wildman–Crippen LogP) is 4.77. The zero-order chi connectivity index (χ0) is 20.5. The second-order valence-electron chi connectivity index (χ2n) is 6.09. The van der Waals surface area contributed by atoms with Crippen molar-refractivity contribution in [2.24, 2.45) is 0 Å². The highest BCUT2D eigenvalue weighted by Crippen LogP contribution is 2.22. The summed E-state index contributed by atoms with van der Waals surface area (Å²) in [4.78, 5) is 12.2. The lowest BCUT2D eigenvalue weighted by molar-refractivity contribution is -0.113. The average Bonchev–Trinajstić information content (AvgIpc) is 3.11. The van der Waals surface area contributed by atoms with Crippen molar-refractivity contribution in [2.45, 2.75) is 23.2 Å². The van der Waals surface area contributed by atoms with E-state index in [4.69, 9.17) is 0 Å². The van der Waals surface area contributed by atoms with Crippen LogP contribution in [0.2, 0.25) is 0 Å². The summed E-state index contributed by atoms with van der Waals surface area (Å²) in [5, 5.41) is 11.7. The third-order valence-electron chi connectivity index (χ3n) is 3.93. The fraction of sp³-hybridized carbons (Fsp3) is 0.190. The first-order valence-electron chi connectivity index (χ1n) is 8.99. The van der Waals surface area contributed by atoms with E-state index in [-0.39, 0.29) is 17.3 Å². The molecule has 0 fully saturated rings. The molecule has 29 heavy (non-hydrogen) atoms. The lowest BCUT2D eigenvalue weighted by Gasteiger charge is -2.08. The Labute approximate surface area is 177 Å². The van der Waals surface area contributed by atoms with E-state index in [0.29, 0.717) is 17.5 Å². The first-order valence-corrected chi connectivity index (χ1v) is 11.1. The van der Waals surface area contributed by atoms with Crippen molar-refractivity contribution in [3.05, 3.63) is 84.5 Å². The molecule has 0 aliphatic carbocycles. The predicted molar refractivity (Wildman–Crippen MR) is 117 cm³/mol. The summed E-state index contributed by atoms with van der Waals surface area (Å²) in [6.07, 6.45) is 1.78. The Morgan fingerprint density at radius 2 is 1.86 bits per heavy atom. The van der Waals surface area contributed by atoms with Crippen LogP contribution >= 0.6 is 23.5 Å². The Morgan fingerprint density at radius 3 is 2.62 bits per heavy atom. The van der Waals surface area contributed by atoms with Crippen LogP contribution in [0.1, 0.15) is 11.4 Å². The SMILES string of the molecule is C=CCn1c(CSCc2ccccc2)nnc1SCC(=O)Nc1ccccc1F. The first-order chi connectivity index (χ1) is 14.2. The first kappa shape index (κ1) is 21.1. The average molecular weight is 429 g/mol. The maximum absolute atomic E-state index is 13.7. The molecule has 1 amide bonds. The molecule has 1 aromatic heterocycles. The normalized spacial score (nSPS) is 10.7. The highest BCUT2D eigenvalue weighted by atomic mass is 32.2. The van der Waals surface area contributed by atoms with Crippen molar-refractivity contribution < 1.29 is 9.18 Å². The van der Waals surface area contributed by atoms with Crippen LogP contribution in [-0.2, 0) is 22.8 Å². The van der Waals surface area contributed by atoms with E-state index in [1.165, 1.54) is 29.5 Å². The van der Waals surface area contributed by atoms with E-state index in [0.717, 1.165) is 11.6 Å². The minimum absolute atomic E-state index is 0.112. The van der Waals surface area contributed by atoms with Crippen molar-refractivity contribution in [3.8, 4) is 0 Å². The number of para-hydroxylation sites is 1. The number of benzene rings is 2. The summed E-state index contributed by atoms with van der Waals surface area (Å²) in [5.74, 6) is 1.78. The number of carbonyl (C=O) groups is 1. The highest BCUT2D eigenvalue weighted by Gasteiger charge is 2.14. The van der Waals surface area contributed by atoms with Crippen LogP contribution in [0.3, 0.4) is 0 Å². The number of hydrogen-bond acceptors (Lipinski definition) is 5. The highest BCUT2D eigenvalue weighted by molar-refractivity contribution is 7.99. The zero-order valence-electron chi connectivity index (χ0n) is 15.8. The standard InChI is InChI=1S/C21H21FN4OS2/c1-2-12-26-19(14-28-13-16-8-4-3-5-9-16)24-25-21(26)29-15-20(27)23-18-11-7-6-10-17(18)22/h2-11H,1,12-15H2,(H,23,27). The molecular weight excluding hydrogens is 407 g/mol. The van der Waals surface area contributed by atoms with E-state index in [9.17, 15) is 9.18 Å². The molecule has 0 bridgehead atoms. The minimum Gasteiger partial charge on any atom is -0.323 e. The summed E-state index contributed by atoms with van der Waals surface area (Å²) in [7, 11) is 0. The Bertz CT molecular complexity index is 962. The molecule has 0 aliphatic heterocycles. The summed E-state index contributed by atoms with van der Waals surface area (Å²) in [5.41, 5.74) is 1.43. The maximum atomic E-state index is 13.7. The molecule has 0 saturated carbocycles. The van der Waals surface area contributed by atoms with Gasteiger partial charge in [-0.05, 0) is 17.7 Å². The molecule has 0 unspecified atom stereocenters. The molecule has 0 atom stereocenters. The molecule has 5 nitrogen and oxygen atoms in total. The molecule has 3 rings (SSSR count). The molecule has 0 radical (unpaired) electrons. The molecule has 3 aromatic rings. The van der Waals surface area contributed by atoms with Gasteiger partial charge >= 0.3 is 0 Å². The molecule has 0 aliphatic rings. The number of amides is 1. The molecule has 0 saturated heterocycles. The number of aromatic nitrogens is 3. The zero-order valence-corrected chi connectivity index (χ0v) is 17.4. The number of halogens is 1. The summed E-state index contributed by atoms with van der Waals surface area (Å²) in [6, 6.07) is 16.3. The topological polar surface area (TPSA) is 59.8 Å². The third-order valence-corrected chi connectivity index (χ3v) is 5.89. The number of allylic oxidation sites excluding steroid dienone is 1. The molecule has 8 heteroatoms. The van der Waals surface area contributed by atoms with Gasteiger partial charge in [-0.25, -0.2) is 4.39 Å². The quantitative estimate of drug-likeness (QED) is 0.372. The van der Waals surface area contributed by atoms with Gasteiger partial charge in [-0.3, -0.25) is 4.79 Å². The molecule has 2 aromatic carbocycles. The van der Waals surface area contributed by atoms with Gasteiger partial charge in [-0.15, -0.1) is 28.5 Å². The summed E-state index contributed by atoms with van der Waals surface area (Å²) < 4.78 is 15.6. The smallest absolute Gasteiger partial charge is 0.234 e. The van der Waals surface area contributed by atoms with Crippen LogP contribution in [0.25, 0.3) is 0 Å². The van der Waals surface area contributed by atoms with Crippen LogP contribution in [0, 0.1) is 5.82 Å². The third kappa shape index (κ3) is 6.20.